The molecule has 0 N–H and O–H groups in total. The van der Waals surface area contributed by atoms with Crippen LogP contribution < -0.4 is 0 Å². The Bertz CT molecular complexity index is 593. The molecule has 16 heavy (non-hydrogen) atoms. The van der Waals surface area contributed by atoms with Gasteiger partial charge in [-0.25, -0.2) is 0 Å². The van der Waals surface area contributed by atoms with E-state index in [0.29, 0.717) is 29.0 Å². The van der Waals surface area contributed by atoms with Crippen LogP contribution in [0.2, 0.25) is 0 Å². The van der Waals surface area contributed by atoms with Crippen LogP contribution in [0.25, 0.3) is 19.3 Å². The van der Waals surface area contributed by atoms with E-state index in [2.05, 4.69) is 34.5 Å². The van der Waals surface area contributed by atoms with Crippen LogP contribution in [0.5, 0.6) is 0 Å². The van der Waals surface area contributed by atoms with Gasteiger partial charge in [0.2, 0.25) is 0 Å². The van der Waals surface area contributed by atoms with E-state index in [9.17, 15) is 0 Å². The van der Waals surface area contributed by atoms with Gasteiger partial charge in [0.15, 0.2) is 0 Å². The Morgan fingerprint density at radius 2 is 1.25 bits per heavy atom. The number of fused-ring (bicyclic) bond motifs is 2. The Morgan fingerprint density at radius 1 is 0.812 bits per heavy atom. The molecule has 0 bridgehead atoms. The Labute approximate surface area is 115 Å². The molecule has 0 aliphatic heterocycles. The van der Waals surface area contributed by atoms with Gasteiger partial charge in [-0.15, -0.1) is 0 Å². The zero-order chi connectivity index (χ0) is 11.1. The molecular formula is C12H10S2Se2. The fourth-order valence-electron chi connectivity index (χ4n) is 1.82. The fraction of sp³-hybridized carbons (Fsp3) is 0.167. The first-order valence-electron chi connectivity index (χ1n) is 4.84. The summed E-state index contributed by atoms with van der Waals surface area (Å²) >= 11 is 4.89. The average molecular weight is 376 g/mol. The molecule has 1 aromatic carbocycles. The Balaban J connectivity index is 2.38. The summed E-state index contributed by atoms with van der Waals surface area (Å²) in [7, 11) is 0. The van der Waals surface area contributed by atoms with Gasteiger partial charge in [-0.05, 0) is 0 Å². The molecule has 0 aliphatic rings. The van der Waals surface area contributed by atoms with Crippen molar-refractivity contribution in [1.29, 1.82) is 0 Å². The van der Waals surface area contributed by atoms with Crippen LogP contribution in [0.15, 0.2) is 31.8 Å². The maximum atomic E-state index is 2.45. The Hall–Kier alpha value is 0.439. The summed E-state index contributed by atoms with van der Waals surface area (Å²) in [6.45, 7) is 0. The first-order chi connectivity index (χ1) is 7.83. The minimum absolute atomic E-state index is 0.557. The van der Waals surface area contributed by atoms with Gasteiger partial charge in [-0.1, -0.05) is 0 Å². The summed E-state index contributed by atoms with van der Waals surface area (Å²) in [5, 5.41) is 3.03. The average Bonchev–Trinajstić information content (AvgIpc) is 2.88. The molecule has 3 rings (SSSR count). The van der Waals surface area contributed by atoms with E-state index in [-0.39, 0.29) is 0 Å². The van der Waals surface area contributed by atoms with Crippen molar-refractivity contribution < 1.29 is 0 Å². The second-order valence-corrected chi connectivity index (χ2v) is 8.97. The molecule has 0 nitrogen and oxygen atoms in total. The molecule has 0 spiro atoms. The van der Waals surface area contributed by atoms with Crippen LogP contribution in [0.4, 0.5) is 0 Å². The van der Waals surface area contributed by atoms with Crippen molar-refractivity contribution in [2.24, 2.45) is 0 Å². The van der Waals surface area contributed by atoms with Crippen molar-refractivity contribution >= 4 is 71.8 Å². The summed E-state index contributed by atoms with van der Waals surface area (Å²) in [4.78, 5) is 7.83. The molecule has 2 aromatic heterocycles. The SMILES string of the molecule is CSc1c[se]c2cc3c(SC)c[se]c3cc12. The molecular weight excluding hydrogens is 366 g/mol. The number of benzene rings is 1. The maximum absolute atomic E-state index is 2.45. The molecule has 2 heterocycles. The molecule has 0 atom stereocenters. The summed E-state index contributed by atoms with van der Waals surface area (Å²) in [5.74, 6) is 0. The van der Waals surface area contributed by atoms with Gasteiger partial charge < -0.3 is 0 Å². The Morgan fingerprint density at radius 3 is 1.62 bits per heavy atom. The van der Waals surface area contributed by atoms with E-state index in [4.69, 9.17) is 0 Å². The zero-order valence-electron chi connectivity index (χ0n) is 8.94. The summed E-state index contributed by atoms with van der Waals surface area (Å²) in [6.07, 6.45) is 4.36. The van der Waals surface area contributed by atoms with Crippen LogP contribution in [-0.4, -0.2) is 41.5 Å². The van der Waals surface area contributed by atoms with Crippen LogP contribution in [0.3, 0.4) is 0 Å². The molecule has 0 amide bonds. The van der Waals surface area contributed by atoms with E-state index >= 15 is 0 Å². The zero-order valence-corrected chi connectivity index (χ0v) is 14.0. The second-order valence-electron chi connectivity index (χ2n) is 3.45. The van der Waals surface area contributed by atoms with E-state index in [1.54, 1.807) is 8.52 Å². The van der Waals surface area contributed by atoms with Crippen molar-refractivity contribution in [3.63, 3.8) is 0 Å². The molecule has 0 saturated heterocycles. The van der Waals surface area contributed by atoms with Crippen LogP contribution in [0, 0.1) is 0 Å². The first kappa shape index (κ1) is 11.5. The van der Waals surface area contributed by atoms with E-state index in [0.717, 1.165) is 0 Å². The molecule has 0 radical (unpaired) electrons. The van der Waals surface area contributed by atoms with Crippen LogP contribution in [-0.2, 0) is 0 Å². The molecule has 0 aliphatic carbocycles. The minimum atomic E-state index is 0.557. The molecule has 0 saturated carbocycles. The predicted octanol–water partition coefficient (Wildman–Crippen LogP) is 3.55. The third-order valence-electron chi connectivity index (χ3n) is 2.64. The van der Waals surface area contributed by atoms with E-state index in [1.807, 2.05) is 23.5 Å². The van der Waals surface area contributed by atoms with Crippen molar-refractivity contribution in [3.05, 3.63) is 22.0 Å². The van der Waals surface area contributed by atoms with Gasteiger partial charge >= 0.3 is 116 Å². The van der Waals surface area contributed by atoms with Gasteiger partial charge in [0.1, 0.15) is 0 Å². The quantitative estimate of drug-likeness (QED) is 0.496. The normalized spacial score (nSPS) is 11.6. The fourth-order valence-corrected chi connectivity index (χ4v) is 8.33. The third-order valence-corrected chi connectivity index (χ3v) is 8.83. The summed E-state index contributed by atoms with van der Waals surface area (Å²) in [5.41, 5.74) is 0. The molecule has 0 fully saturated rings. The van der Waals surface area contributed by atoms with Crippen LogP contribution in [0.1, 0.15) is 0 Å². The topological polar surface area (TPSA) is 0 Å². The Kier molecular flexibility index (Phi) is 3.32. The standard InChI is InChI=1S/C12H10S2Se2/c1-13-9-5-15-11-4-8-10(14-2)6-16-12(8)3-7(9)11/h3-6H,1-2H3. The van der Waals surface area contributed by atoms with Gasteiger partial charge in [-0.3, -0.25) is 0 Å². The van der Waals surface area contributed by atoms with Crippen molar-refractivity contribution in [3.8, 4) is 0 Å². The van der Waals surface area contributed by atoms with Gasteiger partial charge in [0.25, 0.3) is 0 Å². The van der Waals surface area contributed by atoms with E-state index < -0.39 is 0 Å². The van der Waals surface area contributed by atoms with Crippen molar-refractivity contribution in [2.75, 3.05) is 12.5 Å². The monoisotopic (exact) mass is 378 g/mol. The molecule has 3 aromatic rings. The van der Waals surface area contributed by atoms with Gasteiger partial charge in [-0.2, -0.15) is 0 Å². The summed E-state index contributed by atoms with van der Waals surface area (Å²) in [6, 6.07) is 4.89. The number of hydrogen-bond acceptors (Lipinski definition) is 2. The molecule has 4 heteroatoms. The predicted molar refractivity (Wildman–Crippen MR) is 78.9 cm³/mol. The third kappa shape index (κ3) is 1.76. The molecule has 82 valence electrons. The van der Waals surface area contributed by atoms with Gasteiger partial charge in [0, 0.05) is 0 Å². The second kappa shape index (κ2) is 4.60. The first-order valence-corrected chi connectivity index (χ1v) is 11.0. The van der Waals surface area contributed by atoms with Gasteiger partial charge in [0.05, 0.1) is 0 Å². The number of rotatable bonds is 2. The molecule has 0 unspecified atom stereocenters. The number of thioether (sulfide) groups is 2. The van der Waals surface area contributed by atoms with Crippen LogP contribution >= 0.6 is 23.5 Å². The summed E-state index contributed by atoms with van der Waals surface area (Å²) < 4.78 is 3.15. The van der Waals surface area contributed by atoms with Crippen molar-refractivity contribution in [1.82, 2.24) is 0 Å². The van der Waals surface area contributed by atoms with E-state index in [1.165, 1.54) is 20.6 Å². The number of hydrogen-bond donors (Lipinski definition) is 0. The van der Waals surface area contributed by atoms with Crippen molar-refractivity contribution in [2.45, 2.75) is 9.79 Å².